The number of nitrogens with two attached hydrogens (primary N) is 1. The van der Waals surface area contributed by atoms with Crippen LogP contribution in [-0.4, -0.2) is 30.8 Å². The van der Waals surface area contributed by atoms with Gasteiger partial charge in [-0.15, -0.1) is 0 Å². The second-order valence-corrected chi connectivity index (χ2v) is 9.62. The quantitative estimate of drug-likeness (QED) is 0.334. The highest BCUT2D eigenvalue weighted by Crippen LogP contribution is 2.42. The molecule has 0 saturated heterocycles. The van der Waals surface area contributed by atoms with Crippen LogP contribution in [-0.2, 0) is 9.84 Å². The van der Waals surface area contributed by atoms with Crippen molar-refractivity contribution in [3.63, 3.8) is 0 Å². The average molecular weight is 452 g/mol. The molecule has 32 heavy (non-hydrogen) atoms. The van der Waals surface area contributed by atoms with E-state index >= 15 is 0 Å². The molecule has 7 nitrogen and oxygen atoms in total. The van der Waals surface area contributed by atoms with Crippen LogP contribution >= 0.6 is 0 Å². The number of ketones is 2. The Morgan fingerprint density at radius 2 is 1.53 bits per heavy atom. The lowest BCUT2D eigenvalue weighted by molar-refractivity contribution is 0.0977. The van der Waals surface area contributed by atoms with Crippen LogP contribution in [0.25, 0.3) is 0 Å². The smallest absolute Gasteiger partial charge is 0.198 e. The Balaban J connectivity index is 1.69. The molecule has 0 aromatic heterocycles. The van der Waals surface area contributed by atoms with E-state index in [1.807, 2.05) is 6.92 Å². The lowest BCUT2D eigenvalue weighted by Gasteiger charge is -2.21. The van der Waals surface area contributed by atoms with Crippen LogP contribution in [0.3, 0.4) is 0 Å². The minimum Gasteiger partial charge on any atom is -0.507 e. The second kappa shape index (κ2) is 8.12. The number of benzene rings is 3. The van der Waals surface area contributed by atoms with Gasteiger partial charge in [-0.25, -0.2) is 8.42 Å². The minimum atomic E-state index is -3.38. The third-order valence-electron chi connectivity index (χ3n) is 5.36. The number of sulfone groups is 1. The summed E-state index contributed by atoms with van der Waals surface area (Å²) in [5, 5.41) is 10.5. The Morgan fingerprint density at radius 3 is 2.12 bits per heavy atom. The molecule has 3 N–H and O–H groups in total. The van der Waals surface area contributed by atoms with E-state index in [0.29, 0.717) is 6.42 Å². The topological polar surface area (TPSA) is 124 Å². The maximum Gasteiger partial charge on any atom is 0.198 e. The molecule has 4 rings (SSSR count). The number of carbonyl (C=O) groups is 2. The molecule has 1 aliphatic rings. The molecule has 1 aliphatic carbocycles. The molecule has 0 radical (unpaired) electrons. The first-order chi connectivity index (χ1) is 15.2. The molecule has 0 aliphatic heterocycles. The predicted molar refractivity (Wildman–Crippen MR) is 119 cm³/mol. The first-order valence-corrected chi connectivity index (χ1v) is 11.7. The number of phenols is 1. The van der Waals surface area contributed by atoms with Crippen LogP contribution in [0.4, 0.5) is 5.69 Å². The standard InChI is InChI=1S/C24H21NO6S/c1-2-3-12-32(29,30)15-10-8-14(9-11-15)31-19-13-18(26)20-21(22(19)25)24(28)17-7-5-4-6-16(17)23(20)27/h4-11,13,26H,2-3,12,25H2,1H3. The van der Waals surface area contributed by atoms with Crippen LogP contribution in [0.15, 0.2) is 59.5 Å². The molecule has 3 aromatic carbocycles. The fourth-order valence-corrected chi connectivity index (χ4v) is 5.11. The van der Waals surface area contributed by atoms with Gasteiger partial charge in [0.2, 0.25) is 0 Å². The molecule has 0 atom stereocenters. The molecule has 0 saturated carbocycles. The van der Waals surface area contributed by atoms with Gasteiger partial charge in [0, 0.05) is 17.2 Å². The Morgan fingerprint density at radius 1 is 0.938 bits per heavy atom. The summed E-state index contributed by atoms with van der Waals surface area (Å²) in [7, 11) is -3.38. The van der Waals surface area contributed by atoms with Crippen molar-refractivity contribution < 1.29 is 27.9 Å². The molecule has 0 amide bonds. The summed E-state index contributed by atoms with van der Waals surface area (Å²) in [4.78, 5) is 26.0. The van der Waals surface area contributed by atoms with Gasteiger partial charge in [-0.2, -0.15) is 0 Å². The number of carbonyl (C=O) groups excluding carboxylic acids is 2. The summed E-state index contributed by atoms with van der Waals surface area (Å²) >= 11 is 0. The highest BCUT2D eigenvalue weighted by atomic mass is 32.2. The number of rotatable bonds is 6. The monoisotopic (exact) mass is 451 g/mol. The van der Waals surface area contributed by atoms with Crippen LogP contribution in [0, 0.1) is 0 Å². The van der Waals surface area contributed by atoms with Crippen LogP contribution in [0.5, 0.6) is 17.2 Å². The third kappa shape index (κ3) is 3.62. The summed E-state index contributed by atoms with van der Waals surface area (Å²) in [6.07, 6.45) is 1.34. The number of nitrogen functional groups attached to an aromatic ring is 1. The van der Waals surface area contributed by atoms with Crippen LogP contribution < -0.4 is 10.5 Å². The van der Waals surface area contributed by atoms with Crippen molar-refractivity contribution >= 4 is 27.1 Å². The number of phenolic OH excluding ortho intramolecular Hbond substituents is 1. The summed E-state index contributed by atoms with van der Waals surface area (Å²) in [5.74, 6) is -1.08. The molecule has 8 heteroatoms. The third-order valence-corrected chi connectivity index (χ3v) is 7.17. The van der Waals surface area contributed by atoms with E-state index in [1.54, 1.807) is 12.1 Å². The van der Waals surface area contributed by atoms with E-state index in [4.69, 9.17) is 10.5 Å². The van der Waals surface area contributed by atoms with Crippen molar-refractivity contribution in [2.45, 2.75) is 24.7 Å². The molecule has 0 bridgehead atoms. The van der Waals surface area contributed by atoms with Gasteiger partial charge in [-0.1, -0.05) is 37.6 Å². The van der Waals surface area contributed by atoms with Crippen molar-refractivity contribution in [2.24, 2.45) is 0 Å². The molecular weight excluding hydrogens is 430 g/mol. The van der Waals surface area contributed by atoms with Gasteiger partial charge < -0.3 is 15.6 Å². The molecule has 0 spiro atoms. The van der Waals surface area contributed by atoms with Crippen LogP contribution in [0.2, 0.25) is 0 Å². The average Bonchev–Trinajstić information content (AvgIpc) is 2.78. The van der Waals surface area contributed by atoms with Gasteiger partial charge in [0.25, 0.3) is 0 Å². The van der Waals surface area contributed by atoms with E-state index in [9.17, 15) is 23.1 Å². The molecule has 0 unspecified atom stereocenters. The molecule has 3 aromatic rings. The number of unbranched alkanes of at least 4 members (excludes halogenated alkanes) is 1. The molecular formula is C24H21NO6S. The highest BCUT2D eigenvalue weighted by Gasteiger charge is 2.35. The number of hydrogen-bond acceptors (Lipinski definition) is 7. The van der Waals surface area contributed by atoms with Crippen molar-refractivity contribution in [1.82, 2.24) is 0 Å². The number of aromatic hydroxyl groups is 1. The zero-order chi connectivity index (χ0) is 23.0. The maximum atomic E-state index is 13.0. The van der Waals surface area contributed by atoms with Crippen molar-refractivity contribution in [3.05, 3.63) is 76.9 Å². The lowest BCUT2D eigenvalue weighted by Crippen LogP contribution is -2.22. The normalized spacial score (nSPS) is 12.9. The van der Waals surface area contributed by atoms with E-state index in [0.717, 1.165) is 6.42 Å². The van der Waals surface area contributed by atoms with E-state index in [1.165, 1.54) is 42.5 Å². The van der Waals surface area contributed by atoms with Gasteiger partial charge in [-0.3, -0.25) is 9.59 Å². The fourth-order valence-electron chi connectivity index (χ4n) is 3.65. The zero-order valence-corrected chi connectivity index (χ0v) is 18.1. The summed E-state index contributed by atoms with van der Waals surface area (Å²) in [5.41, 5.74) is 6.24. The molecule has 0 heterocycles. The zero-order valence-electron chi connectivity index (χ0n) is 17.3. The van der Waals surface area contributed by atoms with Gasteiger partial charge in [0.05, 0.1) is 27.5 Å². The van der Waals surface area contributed by atoms with Gasteiger partial charge >= 0.3 is 0 Å². The molecule has 164 valence electrons. The Labute approximate surface area is 185 Å². The number of anilines is 1. The number of fused-ring (bicyclic) bond motifs is 2. The summed E-state index contributed by atoms with van der Waals surface area (Å²) in [6, 6.07) is 13.3. The van der Waals surface area contributed by atoms with Gasteiger partial charge in [0.15, 0.2) is 27.2 Å². The Kier molecular flexibility index (Phi) is 5.48. The van der Waals surface area contributed by atoms with E-state index in [-0.39, 0.29) is 50.1 Å². The van der Waals surface area contributed by atoms with Crippen molar-refractivity contribution in [1.29, 1.82) is 0 Å². The predicted octanol–water partition coefficient (Wildman–Crippen LogP) is 4.12. The maximum absolute atomic E-state index is 13.0. The number of ether oxygens (including phenoxy) is 1. The SMILES string of the molecule is CCCCS(=O)(=O)c1ccc(Oc2cc(O)c3c(c2N)C(=O)c2ccccc2C3=O)cc1. The Bertz CT molecular complexity index is 1340. The highest BCUT2D eigenvalue weighted by molar-refractivity contribution is 7.91. The first kappa shape index (κ1) is 21.6. The van der Waals surface area contributed by atoms with E-state index < -0.39 is 27.2 Å². The largest absolute Gasteiger partial charge is 0.507 e. The summed E-state index contributed by atoms with van der Waals surface area (Å²) < 4.78 is 30.4. The first-order valence-electron chi connectivity index (χ1n) is 10.1. The number of hydrogen-bond donors (Lipinski definition) is 2. The minimum absolute atomic E-state index is 0.0108. The fraction of sp³-hybridized carbons (Fsp3) is 0.167. The van der Waals surface area contributed by atoms with Crippen molar-refractivity contribution in [3.8, 4) is 17.2 Å². The van der Waals surface area contributed by atoms with Crippen molar-refractivity contribution in [2.75, 3.05) is 11.5 Å². The van der Waals surface area contributed by atoms with E-state index in [2.05, 4.69) is 0 Å². The second-order valence-electron chi connectivity index (χ2n) is 7.51. The van der Waals surface area contributed by atoms with Crippen LogP contribution in [0.1, 0.15) is 51.6 Å². The Hall–Kier alpha value is -3.65. The lowest BCUT2D eigenvalue weighted by atomic mass is 9.82. The van der Waals surface area contributed by atoms with Gasteiger partial charge in [0.1, 0.15) is 11.5 Å². The molecule has 0 fully saturated rings. The summed E-state index contributed by atoms with van der Waals surface area (Å²) in [6.45, 7) is 1.92. The van der Waals surface area contributed by atoms with Gasteiger partial charge in [-0.05, 0) is 30.7 Å².